The molecule has 0 nitrogen and oxygen atoms in total. The number of fused-ring (bicyclic) bond motifs is 18. The second-order valence-electron chi connectivity index (χ2n) is 33.6. The lowest BCUT2D eigenvalue weighted by Crippen LogP contribution is -2.15. The maximum Gasteiger partial charge on any atom is 0.0159 e. The van der Waals surface area contributed by atoms with Crippen molar-refractivity contribution < 1.29 is 0 Å². The van der Waals surface area contributed by atoms with Crippen molar-refractivity contribution in [2.45, 2.75) is 116 Å². The molecule has 14 aromatic carbocycles. The zero-order chi connectivity index (χ0) is 69.5. The average molecular weight is 1310 g/mol. The first-order valence-electron chi connectivity index (χ1n) is 36.9. The molecule has 0 atom stereocenters. The number of hydrogen-bond acceptors (Lipinski definition) is 0. The highest BCUT2D eigenvalue weighted by Crippen LogP contribution is 2.58. The standard InChI is InChI=1S/C102H82/c1-97(2)85-25-17-13-21-73(85)77-39-31-61(53-89(77)97)67-45-68(62-32-40-78-74-22-14-18-26-86(74)98(3,4)90(78)54-62)48-71(47-67)65-35-43-83-81-37-29-59(51-93(81)101(9,10)95(83)57-65)60-30-38-82-84-44-36-66(58-96(84)102(11,12)94(82)52-60)72-49-69(63-33-41-79-75-23-15-19-27-87(75)99(5,6)91(79)55-63)46-70(50-72)64-34-42-80-76-24-16-20-28-88(76)100(7,8)92(80)56-64/h13-58H,1-12H3. The molecule has 0 heteroatoms. The molecule has 0 spiro atoms. The number of rotatable bonds is 7. The Labute approximate surface area is 602 Å². The molecule has 0 amide bonds. The Morgan fingerprint density at radius 3 is 0.412 bits per heavy atom. The summed E-state index contributed by atoms with van der Waals surface area (Å²) in [7, 11) is 0. The van der Waals surface area contributed by atoms with Crippen molar-refractivity contribution in [3.63, 3.8) is 0 Å². The van der Waals surface area contributed by atoms with E-state index in [1.165, 1.54) is 211 Å². The van der Waals surface area contributed by atoms with Crippen LogP contribution in [0.2, 0.25) is 0 Å². The van der Waals surface area contributed by atoms with Crippen LogP contribution in [0.4, 0.5) is 0 Å². The number of hydrogen-bond donors (Lipinski definition) is 0. The van der Waals surface area contributed by atoms with E-state index in [1.54, 1.807) is 0 Å². The summed E-state index contributed by atoms with van der Waals surface area (Å²) in [5, 5.41) is 0. The van der Waals surface area contributed by atoms with Gasteiger partial charge in [0.05, 0.1) is 0 Å². The third kappa shape index (κ3) is 8.50. The van der Waals surface area contributed by atoms with E-state index in [9.17, 15) is 0 Å². The molecular formula is C102H82. The van der Waals surface area contributed by atoms with E-state index in [-0.39, 0.29) is 32.5 Å². The maximum atomic E-state index is 2.52. The Morgan fingerprint density at radius 2 is 0.245 bits per heavy atom. The van der Waals surface area contributed by atoms with Gasteiger partial charge in [-0.15, -0.1) is 0 Å². The topological polar surface area (TPSA) is 0 Å². The Balaban J connectivity index is 0.642. The van der Waals surface area contributed by atoms with Crippen LogP contribution in [-0.4, -0.2) is 0 Å². The van der Waals surface area contributed by atoms with Crippen LogP contribution in [0, 0.1) is 0 Å². The second kappa shape index (κ2) is 20.9. The number of benzene rings is 14. The van der Waals surface area contributed by atoms with E-state index in [0.717, 1.165) is 0 Å². The Bertz CT molecular complexity index is 5430. The minimum atomic E-state index is -0.246. The highest BCUT2D eigenvalue weighted by atomic mass is 14.5. The van der Waals surface area contributed by atoms with Gasteiger partial charge in [-0.3, -0.25) is 0 Å². The molecule has 0 saturated heterocycles. The van der Waals surface area contributed by atoms with Crippen LogP contribution in [0.25, 0.3) is 145 Å². The molecule has 0 aromatic heterocycles. The van der Waals surface area contributed by atoms with E-state index in [1.807, 2.05) is 0 Å². The largest absolute Gasteiger partial charge is 0.0619 e. The molecule has 0 fully saturated rings. The van der Waals surface area contributed by atoms with Crippen molar-refractivity contribution in [1.82, 2.24) is 0 Å². The first kappa shape index (κ1) is 61.0. The van der Waals surface area contributed by atoms with E-state index in [0.29, 0.717) is 0 Å². The van der Waals surface area contributed by atoms with Crippen LogP contribution in [-0.2, 0) is 32.5 Å². The summed E-state index contributed by atoms with van der Waals surface area (Å²) in [6, 6.07) is 109. The van der Waals surface area contributed by atoms with Crippen LogP contribution in [0.15, 0.2) is 279 Å². The van der Waals surface area contributed by atoms with E-state index < -0.39 is 0 Å². The fourth-order valence-corrected chi connectivity index (χ4v) is 20.0. The third-order valence-electron chi connectivity index (χ3n) is 25.9. The van der Waals surface area contributed by atoms with Crippen molar-refractivity contribution in [2.24, 2.45) is 0 Å². The summed E-state index contributed by atoms with van der Waals surface area (Å²) in [5.41, 5.74) is 49.2. The summed E-state index contributed by atoms with van der Waals surface area (Å²) in [4.78, 5) is 0. The molecule has 0 bridgehead atoms. The SMILES string of the molecule is CC1(C)c2ccccc2-c2ccc(-c3cc(-c4ccc5c(c4)C(C)(C)c4ccccc4-5)cc(-c4ccc5c(c4)C(C)(C)c4cc(-c6ccc7c(c6)C(C)(C)c6cc(-c8cc(-c9ccc%10c(c9)C(C)(C)c9ccccc9-%10)cc(-c9ccc%10c(c9)C(C)(C)c9ccccc9-%10)c8)ccc6-7)ccc4-5)c3)cc21. The lowest BCUT2D eigenvalue weighted by Gasteiger charge is -2.24. The zero-order valence-electron chi connectivity index (χ0n) is 60.6. The molecule has 14 aromatic rings. The fraction of sp³-hybridized carbons (Fsp3) is 0.176. The smallest absolute Gasteiger partial charge is 0.0159 e. The van der Waals surface area contributed by atoms with E-state index >= 15 is 0 Å². The zero-order valence-corrected chi connectivity index (χ0v) is 60.6. The molecule has 0 unspecified atom stereocenters. The van der Waals surface area contributed by atoms with Gasteiger partial charge < -0.3 is 0 Å². The second-order valence-corrected chi connectivity index (χ2v) is 33.6. The normalized spacial score (nSPS) is 16.3. The van der Waals surface area contributed by atoms with Gasteiger partial charge in [-0.2, -0.15) is 0 Å². The molecule has 6 aliphatic carbocycles. The van der Waals surface area contributed by atoms with E-state index in [4.69, 9.17) is 0 Å². The molecule has 0 radical (unpaired) electrons. The van der Waals surface area contributed by atoms with Gasteiger partial charge in [-0.25, -0.2) is 0 Å². The lowest BCUT2D eigenvalue weighted by atomic mass is 9.79. The van der Waals surface area contributed by atoms with Crippen molar-refractivity contribution in [1.29, 1.82) is 0 Å². The lowest BCUT2D eigenvalue weighted by molar-refractivity contribution is 0.660. The van der Waals surface area contributed by atoms with Gasteiger partial charge in [0.2, 0.25) is 0 Å². The average Bonchev–Trinajstić information content (AvgIpc) is 1.58. The van der Waals surface area contributed by atoms with Crippen molar-refractivity contribution in [2.75, 3.05) is 0 Å². The molecule has 0 aliphatic heterocycles. The first-order valence-corrected chi connectivity index (χ1v) is 36.9. The van der Waals surface area contributed by atoms with Crippen LogP contribution < -0.4 is 0 Å². The summed E-state index contributed by atoms with van der Waals surface area (Å²) >= 11 is 0. The molecule has 0 N–H and O–H groups in total. The summed E-state index contributed by atoms with van der Waals surface area (Å²) < 4.78 is 0. The molecule has 0 heterocycles. The van der Waals surface area contributed by atoms with Crippen LogP contribution in [0.3, 0.4) is 0 Å². The molecule has 0 saturated carbocycles. The molecule has 6 aliphatic rings. The highest BCUT2D eigenvalue weighted by molar-refractivity contribution is 5.95. The van der Waals surface area contributed by atoms with Gasteiger partial charge in [0.15, 0.2) is 0 Å². The molecule has 490 valence electrons. The van der Waals surface area contributed by atoms with Gasteiger partial charge in [-0.05, 0) is 296 Å². The minimum Gasteiger partial charge on any atom is -0.0619 e. The Hall–Kier alpha value is -10.9. The van der Waals surface area contributed by atoms with Crippen LogP contribution >= 0.6 is 0 Å². The minimum absolute atomic E-state index is 0.105. The Morgan fingerprint density at radius 1 is 0.118 bits per heavy atom. The monoisotopic (exact) mass is 1310 g/mol. The summed E-state index contributed by atoms with van der Waals surface area (Å²) in [6.07, 6.45) is 0. The molecule has 20 rings (SSSR count). The van der Waals surface area contributed by atoms with Crippen LogP contribution in [0.5, 0.6) is 0 Å². The van der Waals surface area contributed by atoms with Crippen molar-refractivity contribution >= 4 is 0 Å². The van der Waals surface area contributed by atoms with Crippen molar-refractivity contribution in [3.05, 3.63) is 346 Å². The van der Waals surface area contributed by atoms with Gasteiger partial charge in [0.25, 0.3) is 0 Å². The quantitative estimate of drug-likeness (QED) is 0.149. The predicted molar refractivity (Wildman–Crippen MR) is 430 cm³/mol. The third-order valence-corrected chi connectivity index (χ3v) is 25.9. The summed E-state index contributed by atoms with van der Waals surface area (Å²) in [6.45, 7) is 28.9. The first-order chi connectivity index (χ1) is 49.0. The van der Waals surface area contributed by atoms with E-state index in [2.05, 4.69) is 362 Å². The summed E-state index contributed by atoms with van der Waals surface area (Å²) in [5.74, 6) is 0. The highest BCUT2D eigenvalue weighted by Gasteiger charge is 2.42. The van der Waals surface area contributed by atoms with Crippen LogP contribution in [0.1, 0.15) is 150 Å². The Kier molecular flexibility index (Phi) is 12.5. The van der Waals surface area contributed by atoms with Gasteiger partial charge >= 0.3 is 0 Å². The molecule has 102 heavy (non-hydrogen) atoms. The van der Waals surface area contributed by atoms with Gasteiger partial charge in [-0.1, -0.05) is 277 Å². The maximum absolute atomic E-state index is 2.52. The fourth-order valence-electron chi connectivity index (χ4n) is 20.0. The van der Waals surface area contributed by atoms with Gasteiger partial charge in [0.1, 0.15) is 0 Å². The van der Waals surface area contributed by atoms with Crippen molar-refractivity contribution in [3.8, 4) is 145 Å². The predicted octanol–water partition coefficient (Wildman–Crippen LogP) is 27.2. The molecular weight excluding hydrogens is 1230 g/mol. The van der Waals surface area contributed by atoms with Gasteiger partial charge in [0, 0.05) is 32.5 Å².